The Bertz CT molecular complexity index is 1330. The molecule has 0 atom stereocenters. The fourth-order valence-corrected chi connectivity index (χ4v) is 4.60. The van der Waals surface area contributed by atoms with E-state index < -0.39 is 5.82 Å². The zero-order valence-corrected chi connectivity index (χ0v) is 19.4. The number of fused-ring (bicyclic) bond motifs is 1. The van der Waals surface area contributed by atoms with Gasteiger partial charge in [0, 0.05) is 34.8 Å². The molecule has 3 N–H and O–H groups in total. The van der Waals surface area contributed by atoms with Gasteiger partial charge in [0.05, 0.1) is 16.9 Å². The van der Waals surface area contributed by atoms with Crippen LogP contribution >= 0.6 is 0 Å². The van der Waals surface area contributed by atoms with Gasteiger partial charge in [-0.1, -0.05) is 31.2 Å². The minimum Gasteiger partial charge on any atom is -0.437 e. The molecule has 7 heteroatoms. The fraction of sp³-hybridized carbons (Fsp3) is 0.296. The lowest BCUT2D eigenvalue weighted by Gasteiger charge is -2.26. The lowest BCUT2D eigenvalue weighted by atomic mass is 9.87. The van der Waals surface area contributed by atoms with Crippen molar-refractivity contribution < 1.29 is 9.13 Å². The number of ether oxygens (including phenoxy) is 1. The number of aromatic nitrogens is 3. The van der Waals surface area contributed by atoms with Gasteiger partial charge in [-0.2, -0.15) is 0 Å². The maximum atomic E-state index is 14.9. The van der Waals surface area contributed by atoms with Crippen LogP contribution in [0.5, 0.6) is 11.6 Å². The van der Waals surface area contributed by atoms with Gasteiger partial charge < -0.3 is 15.8 Å². The number of nitrogens with one attached hydrogen (secondary N) is 1. The second kappa shape index (κ2) is 9.25. The van der Waals surface area contributed by atoms with Crippen molar-refractivity contribution >= 4 is 22.4 Å². The minimum absolute atomic E-state index is 0.116. The number of anilines is 2. The first-order valence-corrected chi connectivity index (χ1v) is 11.7. The summed E-state index contributed by atoms with van der Waals surface area (Å²) in [5.41, 5.74) is 7.87. The van der Waals surface area contributed by atoms with E-state index in [1.54, 1.807) is 25.4 Å². The number of nitrogens with zero attached hydrogens (tertiary/aromatic N) is 3. The van der Waals surface area contributed by atoms with Crippen LogP contribution in [-0.2, 0) is 0 Å². The van der Waals surface area contributed by atoms with Gasteiger partial charge in [0.1, 0.15) is 5.75 Å². The minimum atomic E-state index is -0.485. The number of halogens is 1. The topological polar surface area (TPSA) is 86.0 Å². The summed E-state index contributed by atoms with van der Waals surface area (Å²) in [5.74, 6) is 1.62. The summed E-state index contributed by atoms with van der Waals surface area (Å²) in [6, 6.07) is 13.3. The summed E-state index contributed by atoms with van der Waals surface area (Å²) in [5, 5.41) is 4.81. The Hall–Kier alpha value is -3.74. The van der Waals surface area contributed by atoms with E-state index in [2.05, 4.69) is 22.2 Å². The normalized spacial score (nSPS) is 18.1. The average Bonchev–Trinajstić information content (AvgIpc) is 2.87. The monoisotopic (exact) mass is 457 g/mol. The molecule has 34 heavy (non-hydrogen) atoms. The van der Waals surface area contributed by atoms with Crippen molar-refractivity contribution in [2.75, 3.05) is 11.1 Å². The maximum Gasteiger partial charge on any atom is 0.228 e. The summed E-state index contributed by atoms with van der Waals surface area (Å²) in [7, 11) is 0. The highest BCUT2D eigenvalue weighted by molar-refractivity contribution is 5.98. The zero-order valence-electron chi connectivity index (χ0n) is 19.4. The van der Waals surface area contributed by atoms with Crippen molar-refractivity contribution in [2.24, 2.45) is 5.92 Å². The largest absolute Gasteiger partial charge is 0.437 e. The number of nitrogens with two attached hydrogens (primary N) is 1. The highest BCUT2D eigenvalue weighted by Crippen LogP contribution is 2.40. The van der Waals surface area contributed by atoms with Gasteiger partial charge in [0.2, 0.25) is 11.8 Å². The standard InChI is InChI=1S/C27H28FN5O/c1-16-9-11-18(12-10-16)32-27-31-15-13-22(33-27)21-8-5-14-30-26(21)34-25-17(2)23(28)24(29)19-6-3-4-7-20(19)25/h3-8,13-16,18H,9-12,29H2,1-2H3,(H,31,32,33). The van der Waals surface area contributed by atoms with E-state index >= 15 is 0 Å². The van der Waals surface area contributed by atoms with Gasteiger partial charge in [-0.15, -0.1) is 0 Å². The van der Waals surface area contributed by atoms with Crippen LogP contribution in [0.1, 0.15) is 38.2 Å². The van der Waals surface area contributed by atoms with Crippen molar-refractivity contribution in [3.8, 4) is 22.9 Å². The Kier molecular flexibility index (Phi) is 6.01. The van der Waals surface area contributed by atoms with Crippen molar-refractivity contribution in [3.63, 3.8) is 0 Å². The third-order valence-corrected chi connectivity index (χ3v) is 6.62. The lowest BCUT2D eigenvalue weighted by molar-refractivity contribution is 0.360. The van der Waals surface area contributed by atoms with Gasteiger partial charge in [-0.05, 0) is 56.7 Å². The highest BCUT2D eigenvalue weighted by Gasteiger charge is 2.21. The molecular weight excluding hydrogens is 429 g/mol. The van der Waals surface area contributed by atoms with Crippen molar-refractivity contribution in [2.45, 2.75) is 45.6 Å². The van der Waals surface area contributed by atoms with E-state index in [1.165, 1.54) is 12.8 Å². The highest BCUT2D eigenvalue weighted by atomic mass is 19.1. The molecule has 0 bridgehead atoms. The molecule has 0 radical (unpaired) electrons. The van der Waals surface area contributed by atoms with Gasteiger partial charge in [-0.25, -0.2) is 19.3 Å². The Morgan fingerprint density at radius 3 is 2.53 bits per heavy atom. The molecule has 2 heterocycles. The molecule has 0 amide bonds. The molecule has 0 spiro atoms. The van der Waals surface area contributed by atoms with Crippen LogP contribution in [0, 0.1) is 18.7 Å². The van der Waals surface area contributed by atoms with E-state index in [4.69, 9.17) is 15.5 Å². The zero-order chi connectivity index (χ0) is 23.7. The number of rotatable bonds is 5. The number of pyridine rings is 1. The van der Waals surface area contributed by atoms with Crippen molar-refractivity contribution in [1.29, 1.82) is 0 Å². The van der Waals surface area contributed by atoms with Gasteiger partial charge in [0.25, 0.3) is 0 Å². The molecule has 0 aliphatic heterocycles. The smallest absolute Gasteiger partial charge is 0.228 e. The molecule has 5 rings (SSSR count). The average molecular weight is 458 g/mol. The van der Waals surface area contributed by atoms with E-state index in [9.17, 15) is 4.39 Å². The third kappa shape index (κ3) is 4.25. The van der Waals surface area contributed by atoms with Gasteiger partial charge in [-0.3, -0.25) is 0 Å². The summed E-state index contributed by atoms with van der Waals surface area (Å²) in [4.78, 5) is 13.6. The quantitative estimate of drug-likeness (QED) is 0.333. The summed E-state index contributed by atoms with van der Waals surface area (Å²) < 4.78 is 21.2. The van der Waals surface area contributed by atoms with E-state index in [-0.39, 0.29) is 5.69 Å². The Labute approximate surface area is 198 Å². The third-order valence-electron chi connectivity index (χ3n) is 6.62. The molecule has 0 saturated heterocycles. The predicted octanol–water partition coefficient (Wildman–Crippen LogP) is 6.50. The van der Waals surface area contributed by atoms with Crippen LogP contribution in [0.4, 0.5) is 16.0 Å². The molecule has 1 fully saturated rings. The first-order chi connectivity index (χ1) is 16.5. The van der Waals surface area contributed by atoms with E-state index in [1.807, 2.05) is 36.4 Å². The summed E-state index contributed by atoms with van der Waals surface area (Å²) >= 11 is 0. The molecular formula is C27H28FN5O. The molecule has 6 nitrogen and oxygen atoms in total. The van der Waals surface area contributed by atoms with Crippen LogP contribution in [0.25, 0.3) is 22.0 Å². The van der Waals surface area contributed by atoms with Crippen molar-refractivity contribution in [1.82, 2.24) is 15.0 Å². The molecule has 4 aromatic rings. The van der Waals surface area contributed by atoms with Crippen molar-refractivity contribution in [3.05, 3.63) is 66.2 Å². The molecule has 1 aliphatic rings. The van der Waals surface area contributed by atoms with Gasteiger partial charge >= 0.3 is 0 Å². The summed E-state index contributed by atoms with van der Waals surface area (Å²) in [6.45, 7) is 3.96. The molecule has 2 aromatic heterocycles. The van der Waals surface area contributed by atoms with E-state index in [0.717, 1.165) is 24.1 Å². The Morgan fingerprint density at radius 2 is 1.74 bits per heavy atom. The molecule has 1 saturated carbocycles. The second-order valence-corrected chi connectivity index (χ2v) is 9.05. The van der Waals surface area contributed by atoms with Gasteiger partial charge in [0.15, 0.2) is 5.82 Å². The SMILES string of the molecule is Cc1c(F)c(N)c2ccccc2c1Oc1ncccc1-c1ccnc(NC2CCC(C)CC2)n1. The van der Waals surface area contributed by atoms with Crippen LogP contribution in [0.2, 0.25) is 0 Å². The molecule has 2 aromatic carbocycles. The lowest BCUT2D eigenvalue weighted by Crippen LogP contribution is -2.26. The Balaban J connectivity index is 1.49. The number of nitrogen functional groups attached to an aromatic ring is 1. The molecule has 174 valence electrons. The number of hydrogen-bond acceptors (Lipinski definition) is 6. The predicted molar refractivity (Wildman–Crippen MR) is 133 cm³/mol. The second-order valence-electron chi connectivity index (χ2n) is 9.05. The van der Waals surface area contributed by atoms with E-state index in [0.29, 0.717) is 45.8 Å². The number of hydrogen-bond donors (Lipinski definition) is 2. The fourth-order valence-electron chi connectivity index (χ4n) is 4.60. The molecule has 1 aliphatic carbocycles. The van der Waals surface area contributed by atoms with Crippen LogP contribution in [0.15, 0.2) is 54.9 Å². The molecule has 0 unspecified atom stereocenters. The van der Waals surface area contributed by atoms with Crippen LogP contribution in [-0.4, -0.2) is 21.0 Å². The first-order valence-electron chi connectivity index (χ1n) is 11.7. The van der Waals surface area contributed by atoms with Crippen LogP contribution in [0.3, 0.4) is 0 Å². The first kappa shape index (κ1) is 22.1. The number of benzene rings is 2. The Morgan fingerprint density at radius 1 is 0.971 bits per heavy atom. The summed E-state index contributed by atoms with van der Waals surface area (Å²) in [6.07, 6.45) is 8.03. The maximum absolute atomic E-state index is 14.9. The van der Waals surface area contributed by atoms with Crippen LogP contribution < -0.4 is 15.8 Å².